The van der Waals surface area contributed by atoms with Crippen LogP contribution in [0.1, 0.15) is 37.0 Å². The first kappa shape index (κ1) is 15.0. The molecule has 0 bridgehead atoms. The van der Waals surface area contributed by atoms with E-state index in [2.05, 4.69) is 41.8 Å². The molecule has 1 atom stereocenters. The van der Waals surface area contributed by atoms with Crippen LogP contribution in [0.15, 0.2) is 24.3 Å². The van der Waals surface area contributed by atoms with Gasteiger partial charge in [0, 0.05) is 26.1 Å². The lowest BCUT2D eigenvalue weighted by molar-refractivity contribution is -0.121. The molecule has 1 heterocycles. The minimum atomic E-state index is 0.110. The maximum absolute atomic E-state index is 11.5. The average Bonchev–Trinajstić information content (AvgIpc) is 2.49. The Morgan fingerprint density at radius 1 is 1.35 bits per heavy atom. The minimum Gasteiger partial charge on any atom is -0.372 e. The van der Waals surface area contributed by atoms with Crippen LogP contribution in [0.2, 0.25) is 0 Å². The molecule has 0 spiro atoms. The van der Waals surface area contributed by atoms with E-state index in [0.717, 1.165) is 32.5 Å². The Bertz CT molecular complexity index is 434. The van der Waals surface area contributed by atoms with Gasteiger partial charge in [0.1, 0.15) is 0 Å². The molecule has 0 saturated heterocycles. The van der Waals surface area contributed by atoms with Crippen LogP contribution < -0.4 is 10.6 Å². The Morgan fingerprint density at radius 3 is 3.05 bits per heavy atom. The SMILES string of the molecule is CCCNC(=O)CCNCC1OCCc2ccccc21. The molecule has 110 valence electrons. The van der Waals surface area contributed by atoms with Crippen molar-refractivity contribution in [1.82, 2.24) is 10.6 Å². The first-order valence-corrected chi connectivity index (χ1v) is 7.48. The Labute approximate surface area is 120 Å². The zero-order valence-corrected chi connectivity index (χ0v) is 12.2. The quantitative estimate of drug-likeness (QED) is 0.747. The molecule has 1 amide bonds. The van der Waals surface area contributed by atoms with Gasteiger partial charge in [-0.15, -0.1) is 0 Å². The number of benzene rings is 1. The van der Waals surface area contributed by atoms with Crippen LogP contribution in [0.5, 0.6) is 0 Å². The second-order valence-corrected chi connectivity index (χ2v) is 5.11. The Balaban J connectivity index is 1.71. The van der Waals surface area contributed by atoms with Gasteiger partial charge >= 0.3 is 0 Å². The summed E-state index contributed by atoms with van der Waals surface area (Å²) in [6.45, 7) is 5.05. The number of carbonyl (C=O) groups excluding carboxylic acids is 1. The van der Waals surface area contributed by atoms with Crippen LogP contribution in [0.4, 0.5) is 0 Å². The van der Waals surface area contributed by atoms with Gasteiger partial charge in [-0.1, -0.05) is 31.2 Å². The maximum atomic E-state index is 11.5. The van der Waals surface area contributed by atoms with Gasteiger partial charge in [-0.05, 0) is 24.0 Å². The summed E-state index contributed by atoms with van der Waals surface area (Å²) in [6.07, 6.45) is 2.60. The van der Waals surface area contributed by atoms with Gasteiger partial charge in [-0.3, -0.25) is 4.79 Å². The van der Waals surface area contributed by atoms with Crippen molar-refractivity contribution in [3.8, 4) is 0 Å². The van der Waals surface area contributed by atoms with Gasteiger partial charge in [0.15, 0.2) is 0 Å². The molecule has 0 aliphatic carbocycles. The molecule has 1 aliphatic rings. The molecule has 2 N–H and O–H groups in total. The van der Waals surface area contributed by atoms with E-state index in [4.69, 9.17) is 4.74 Å². The number of nitrogens with one attached hydrogen (secondary N) is 2. The molecule has 1 aliphatic heterocycles. The number of amides is 1. The third-order valence-corrected chi connectivity index (χ3v) is 3.52. The van der Waals surface area contributed by atoms with Crippen molar-refractivity contribution in [3.05, 3.63) is 35.4 Å². The Hall–Kier alpha value is -1.39. The zero-order chi connectivity index (χ0) is 14.2. The summed E-state index contributed by atoms with van der Waals surface area (Å²) in [5, 5.41) is 6.19. The van der Waals surface area contributed by atoms with Crippen LogP contribution in [0, 0.1) is 0 Å². The minimum absolute atomic E-state index is 0.110. The first-order chi connectivity index (χ1) is 9.81. The monoisotopic (exact) mass is 276 g/mol. The van der Waals surface area contributed by atoms with E-state index < -0.39 is 0 Å². The van der Waals surface area contributed by atoms with E-state index in [1.165, 1.54) is 11.1 Å². The predicted molar refractivity (Wildman–Crippen MR) is 79.6 cm³/mol. The molecular weight excluding hydrogens is 252 g/mol. The second-order valence-electron chi connectivity index (χ2n) is 5.11. The normalized spacial score (nSPS) is 17.6. The number of ether oxygens (including phenoxy) is 1. The average molecular weight is 276 g/mol. The number of hydrogen-bond donors (Lipinski definition) is 2. The van der Waals surface area contributed by atoms with Crippen molar-refractivity contribution in [3.63, 3.8) is 0 Å². The predicted octanol–water partition coefficient (Wildman–Crippen LogP) is 1.81. The van der Waals surface area contributed by atoms with E-state index >= 15 is 0 Å². The summed E-state index contributed by atoms with van der Waals surface area (Å²) in [4.78, 5) is 11.5. The van der Waals surface area contributed by atoms with E-state index in [1.807, 2.05) is 0 Å². The Morgan fingerprint density at radius 2 is 2.20 bits per heavy atom. The standard InChI is InChI=1S/C16H24N2O2/c1-2-9-18-16(19)7-10-17-12-15-14-6-4-3-5-13(14)8-11-20-15/h3-6,15,17H,2,7-12H2,1H3,(H,18,19). The summed E-state index contributed by atoms with van der Waals surface area (Å²) in [6, 6.07) is 8.43. The van der Waals surface area contributed by atoms with E-state index in [-0.39, 0.29) is 12.0 Å². The van der Waals surface area contributed by atoms with Crippen LogP contribution >= 0.6 is 0 Å². The molecule has 20 heavy (non-hydrogen) atoms. The molecule has 0 radical (unpaired) electrons. The van der Waals surface area contributed by atoms with Gasteiger partial charge in [0.2, 0.25) is 5.91 Å². The molecule has 0 aromatic heterocycles. The molecule has 4 nitrogen and oxygen atoms in total. The van der Waals surface area contributed by atoms with E-state index in [0.29, 0.717) is 13.0 Å². The highest BCUT2D eigenvalue weighted by Crippen LogP contribution is 2.25. The molecule has 1 aromatic carbocycles. The molecular formula is C16H24N2O2. The fourth-order valence-corrected chi connectivity index (χ4v) is 2.43. The lowest BCUT2D eigenvalue weighted by Crippen LogP contribution is -2.31. The third-order valence-electron chi connectivity index (χ3n) is 3.52. The van der Waals surface area contributed by atoms with Crippen molar-refractivity contribution in [2.75, 3.05) is 26.2 Å². The summed E-state index contributed by atoms with van der Waals surface area (Å²) >= 11 is 0. The first-order valence-electron chi connectivity index (χ1n) is 7.48. The summed E-state index contributed by atoms with van der Waals surface area (Å²) in [7, 11) is 0. The van der Waals surface area contributed by atoms with Crippen molar-refractivity contribution in [2.24, 2.45) is 0 Å². The van der Waals surface area contributed by atoms with Gasteiger partial charge in [0.05, 0.1) is 12.7 Å². The Kier molecular flexibility index (Phi) is 6.02. The summed E-state index contributed by atoms with van der Waals surface area (Å²) < 4.78 is 5.81. The number of carbonyl (C=O) groups is 1. The zero-order valence-electron chi connectivity index (χ0n) is 12.2. The van der Waals surface area contributed by atoms with E-state index in [1.54, 1.807) is 0 Å². The highest BCUT2D eigenvalue weighted by molar-refractivity contribution is 5.75. The van der Waals surface area contributed by atoms with Crippen molar-refractivity contribution in [2.45, 2.75) is 32.3 Å². The second kappa shape index (κ2) is 8.02. The molecule has 0 fully saturated rings. The smallest absolute Gasteiger partial charge is 0.221 e. The summed E-state index contributed by atoms with van der Waals surface area (Å²) in [5.74, 6) is 0.115. The van der Waals surface area contributed by atoms with Gasteiger partial charge in [-0.25, -0.2) is 0 Å². The fraction of sp³-hybridized carbons (Fsp3) is 0.562. The molecule has 1 aromatic rings. The number of rotatable bonds is 7. The largest absolute Gasteiger partial charge is 0.372 e. The lowest BCUT2D eigenvalue weighted by Gasteiger charge is -2.26. The van der Waals surface area contributed by atoms with Crippen LogP contribution in [0.3, 0.4) is 0 Å². The highest BCUT2D eigenvalue weighted by atomic mass is 16.5. The van der Waals surface area contributed by atoms with Crippen LogP contribution in [-0.2, 0) is 16.0 Å². The third kappa shape index (κ3) is 4.32. The lowest BCUT2D eigenvalue weighted by atomic mass is 9.97. The molecule has 1 unspecified atom stereocenters. The van der Waals surface area contributed by atoms with Crippen LogP contribution in [-0.4, -0.2) is 32.1 Å². The molecule has 4 heteroatoms. The van der Waals surface area contributed by atoms with Crippen molar-refractivity contribution >= 4 is 5.91 Å². The van der Waals surface area contributed by atoms with Crippen LogP contribution in [0.25, 0.3) is 0 Å². The topological polar surface area (TPSA) is 50.4 Å². The van der Waals surface area contributed by atoms with E-state index in [9.17, 15) is 4.79 Å². The molecule has 2 rings (SSSR count). The number of hydrogen-bond acceptors (Lipinski definition) is 3. The van der Waals surface area contributed by atoms with Gasteiger partial charge in [0.25, 0.3) is 0 Å². The number of fused-ring (bicyclic) bond motifs is 1. The van der Waals surface area contributed by atoms with Gasteiger partial charge in [-0.2, -0.15) is 0 Å². The summed E-state index contributed by atoms with van der Waals surface area (Å²) in [5.41, 5.74) is 2.66. The van der Waals surface area contributed by atoms with Crippen molar-refractivity contribution in [1.29, 1.82) is 0 Å². The van der Waals surface area contributed by atoms with Gasteiger partial charge < -0.3 is 15.4 Å². The maximum Gasteiger partial charge on any atom is 0.221 e. The fourth-order valence-electron chi connectivity index (χ4n) is 2.43. The van der Waals surface area contributed by atoms with Crippen molar-refractivity contribution < 1.29 is 9.53 Å². The molecule has 0 saturated carbocycles. The highest BCUT2D eigenvalue weighted by Gasteiger charge is 2.19.